The second-order valence-corrected chi connectivity index (χ2v) is 7.40. The van der Waals surface area contributed by atoms with Crippen molar-refractivity contribution in [1.82, 2.24) is 9.80 Å². The fraction of sp³-hybridized carbons (Fsp3) is 0.867. The van der Waals surface area contributed by atoms with Crippen LogP contribution in [-0.2, 0) is 9.59 Å². The number of likely N-dealkylation sites (tertiary alicyclic amines) is 1. The van der Waals surface area contributed by atoms with Crippen molar-refractivity contribution in [1.29, 1.82) is 0 Å². The van der Waals surface area contributed by atoms with Gasteiger partial charge in [0.15, 0.2) is 0 Å². The van der Waals surface area contributed by atoms with E-state index in [-0.39, 0.29) is 40.7 Å². The predicted molar refractivity (Wildman–Crippen MR) is 86.9 cm³/mol. The zero-order valence-electron chi connectivity index (χ0n) is 13.6. The Kier molecular flexibility index (Phi) is 5.96. The van der Waals surface area contributed by atoms with Crippen molar-refractivity contribution in [2.75, 3.05) is 18.3 Å². The molecule has 122 valence electrons. The topological polar surface area (TPSA) is 40.6 Å². The van der Waals surface area contributed by atoms with Crippen molar-refractivity contribution < 1.29 is 9.59 Å². The number of hydrogen-bond acceptors (Lipinski definition) is 2. The molecule has 0 radical (unpaired) electrons. The molecule has 1 fully saturated rings. The highest BCUT2D eigenvalue weighted by Gasteiger charge is 2.49. The summed E-state index contributed by atoms with van der Waals surface area (Å²) in [6.07, 6.45) is 1.46. The number of nitrogens with zero attached hydrogens (tertiary/aromatic N) is 2. The summed E-state index contributed by atoms with van der Waals surface area (Å²) in [5.74, 6) is -0.129. The standard InChI is InChI=1S/C15H26Cl2N2O2/c1-6-18(12(20)9-16)11-7-14(2,3)19(13(21)10-17)15(4,5)8-11/h11H,6-10H2,1-5H3. The number of carbonyl (C=O) groups excluding carboxylic acids is 2. The maximum absolute atomic E-state index is 12.2. The highest BCUT2D eigenvalue weighted by molar-refractivity contribution is 6.27. The Morgan fingerprint density at radius 3 is 1.90 bits per heavy atom. The van der Waals surface area contributed by atoms with E-state index in [0.29, 0.717) is 6.54 Å². The van der Waals surface area contributed by atoms with Crippen LogP contribution in [0.25, 0.3) is 0 Å². The van der Waals surface area contributed by atoms with Gasteiger partial charge in [-0.3, -0.25) is 9.59 Å². The molecule has 1 saturated heterocycles. The molecule has 1 rings (SSSR count). The van der Waals surface area contributed by atoms with Crippen LogP contribution in [0, 0.1) is 0 Å². The van der Waals surface area contributed by atoms with Crippen LogP contribution in [0.15, 0.2) is 0 Å². The van der Waals surface area contributed by atoms with Crippen molar-refractivity contribution in [3.8, 4) is 0 Å². The molecule has 0 aliphatic carbocycles. The molecular weight excluding hydrogens is 311 g/mol. The SMILES string of the molecule is CCN(C(=O)CCl)C1CC(C)(C)N(C(=O)CCl)C(C)(C)C1. The van der Waals surface area contributed by atoms with Gasteiger partial charge in [-0.05, 0) is 47.5 Å². The lowest BCUT2D eigenvalue weighted by atomic mass is 9.76. The van der Waals surface area contributed by atoms with Gasteiger partial charge in [-0.1, -0.05) is 0 Å². The monoisotopic (exact) mass is 336 g/mol. The first kappa shape index (κ1) is 18.6. The summed E-state index contributed by atoms with van der Waals surface area (Å²) in [5, 5.41) is 0. The summed E-state index contributed by atoms with van der Waals surface area (Å²) in [4.78, 5) is 28.0. The molecule has 2 amide bonds. The molecule has 6 heteroatoms. The van der Waals surface area contributed by atoms with E-state index >= 15 is 0 Å². The molecule has 0 atom stereocenters. The third-order valence-corrected chi connectivity index (χ3v) is 4.72. The third kappa shape index (κ3) is 3.84. The second-order valence-electron chi connectivity index (χ2n) is 6.86. The van der Waals surface area contributed by atoms with Crippen LogP contribution in [0.4, 0.5) is 0 Å². The van der Waals surface area contributed by atoms with Crippen molar-refractivity contribution in [2.45, 2.75) is 64.6 Å². The fourth-order valence-electron chi connectivity index (χ4n) is 3.90. The van der Waals surface area contributed by atoms with E-state index in [2.05, 4.69) is 0 Å². The minimum absolute atomic E-state index is 0.00444. The first-order valence-corrected chi connectivity index (χ1v) is 8.42. The van der Waals surface area contributed by atoms with Crippen LogP contribution in [0.3, 0.4) is 0 Å². The van der Waals surface area contributed by atoms with Gasteiger partial charge in [0.2, 0.25) is 11.8 Å². The number of piperidine rings is 1. The average Bonchev–Trinajstić information content (AvgIpc) is 2.36. The molecular formula is C15H26Cl2N2O2. The molecule has 0 aromatic carbocycles. The number of amides is 2. The molecule has 0 saturated carbocycles. The van der Waals surface area contributed by atoms with Gasteiger partial charge >= 0.3 is 0 Å². The van der Waals surface area contributed by atoms with E-state index < -0.39 is 0 Å². The Morgan fingerprint density at radius 2 is 1.57 bits per heavy atom. The lowest BCUT2D eigenvalue weighted by Crippen LogP contribution is -2.66. The van der Waals surface area contributed by atoms with Gasteiger partial charge < -0.3 is 9.80 Å². The Balaban J connectivity index is 3.09. The van der Waals surface area contributed by atoms with E-state index in [9.17, 15) is 9.59 Å². The third-order valence-electron chi connectivity index (χ3n) is 4.26. The van der Waals surface area contributed by atoms with Crippen LogP contribution in [0.1, 0.15) is 47.5 Å². The second kappa shape index (κ2) is 6.74. The Morgan fingerprint density at radius 1 is 1.10 bits per heavy atom. The van der Waals surface area contributed by atoms with Crippen molar-refractivity contribution in [3.05, 3.63) is 0 Å². The van der Waals surface area contributed by atoms with Crippen LogP contribution >= 0.6 is 23.2 Å². The van der Waals surface area contributed by atoms with E-state index in [1.165, 1.54) is 0 Å². The molecule has 1 heterocycles. The largest absolute Gasteiger partial charge is 0.339 e. The molecule has 21 heavy (non-hydrogen) atoms. The van der Waals surface area contributed by atoms with Crippen molar-refractivity contribution >= 4 is 35.0 Å². The quantitative estimate of drug-likeness (QED) is 0.740. The van der Waals surface area contributed by atoms with Crippen LogP contribution in [0.5, 0.6) is 0 Å². The minimum atomic E-state index is -0.349. The summed E-state index contributed by atoms with van der Waals surface area (Å²) < 4.78 is 0. The zero-order chi connectivity index (χ0) is 16.4. The molecule has 4 nitrogen and oxygen atoms in total. The molecule has 0 N–H and O–H groups in total. The average molecular weight is 337 g/mol. The Bertz CT molecular complexity index is 392. The maximum atomic E-state index is 12.2. The van der Waals surface area contributed by atoms with Gasteiger partial charge in [0.25, 0.3) is 0 Å². The summed E-state index contributed by atoms with van der Waals surface area (Å²) in [6, 6.07) is 0.0885. The van der Waals surface area contributed by atoms with Gasteiger partial charge in [0.05, 0.1) is 0 Å². The molecule has 0 spiro atoms. The summed E-state index contributed by atoms with van der Waals surface area (Å²) in [6.45, 7) is 10.7. The molecule has 0 aromatic rings. The van der Waals surface area contributed by atoms with Gasteiger partial charge in [-0.15, -0.1) is 23.2 Å². The van der Waals surface area contributed by atoms with Crippen LogP contribution in [0.2, 0.25) is 0 Å². The molecule has 0 aromatic heterocycles. The summed E-state index contributed by atoms with van der Waals surface area (Å²) in [7, 11) is 0. The summed E-state index contributed by atoms with van der Waals surface area (Å²) in [5.41, 5.74) is -0.698. The first-order valence-electron chi connectivity index (χ1n) is 7.35. The van der Waals surface area contributed by atoms with Crippen molar-refractivity contribution in [2.24, 2.45) is 0 Å². The molecule has 0 unspecified atom stereocenters. The van der Waals surface area contributed by atoms with E-state index in [1.807, 2.05) is 44.4 Å². The minimum Gasteiger partial charge on any atom is -0.339 e. The number of halogens is 2. The zero-order valence-corrected chi connectivity index (χ0v) is 15.1. The predicted octanol–water partition coefficient (Wildman–Crippen LogP) is 2.86. The molecule has 1 aliphatic heterocycles. The fourth-order valence-corrected chi connectivity index (χ4v) is 4.17. The van der Waals surface area contributed by atoms with Crippen LogP contribution < -0.4 is 0 Å². The normalized spacial score (nSPS) is 21.2. The molecule has 1 aliphatic rings. The lowest BCUT2D eigenvalue weighted by Gasteiger charge is -2.56. The smallest absolute Gasteiger partial charge is 0.238 e. The van der Waals surface area contributed by atoms with Gasteiger partial charge in [0, 0.05) is 23.7 Å². The lowest BCUT2D eigenvalue weighted by molar-refractivity contribution is -0.152. The number of alkyl halides is 2. The number of carbonyl (C=O) groups is 2. The number of rotatable bonds is 4. The maximum Gasteiger partial charge on any atom is 0.238 e. The van der Waals surface area contributed by atoms with Gasteiger partial charge in [-0.2, -0.15) is 0 Å². The highest BCUT2D eigenvalue weighted by Crippen LogP contribution is 2.40. The summed E-state index contributed by atoms with van der Waals surface area (Å²) >= 11 is 11.5. The van der Waals surface area contributed by atoms with E-state index in [1.54, 1.807) is 0 Å². The van der Waals surface area contributed by atoms with E-state index in [0.717, 1.165) is 12.8 Å². The van der Waals surface area contributed by atoms with Gasteiger partial charge in [0.1, 0.15) is 11.8 Å². The first-order chi connectivity index (χ1) is 9.60. The van der Waals surface area contributed by atoms with Crippen LogP contribution in [-0.4, -0.2) is 57.0 Å². The van der Waals surface area contributed by atoms with E-state index in [4.69, 9.17) is 23.2 Å². The Hall–Kier alpha value is -0.480. The Labute approximate surface area is 137 Å². The molecule has 0 bridgehead atoms. The number of hydrogen-bond donors (Lipinski definition) is 0. The highest BCUT2D eigenvalue weighted by atomic mass is 35.5. The van der Waals surface area contributed by atoms with Gasteiger partial charge in [-0.25, -0.2) is 0 Å². The van der Waals surface area contributed by atoms with Crippen molar-refractivity contribution in [3.63, 3.8) is 0 Å².